The Morgan fingerprint density at radius 2 is 1.35 bits per heavy atom. The molecular weight excluding hydrogens is 265 g/mol. The van der Waals surface area contributed by atoms with Crippen LogP contribution in [0.3, 0.4) is 0 Å². The number of aliphatic hydroxyl groups is 1. The molecule has 118 valence electrons. The molecule has 0 aliphatic heterocycles. The second kappa shape index (κ2) is 6.25. The summed E-state index contributed by atoms with van der Waals surface area (Å²) in [6, 6.07) is 0. The van der Waals surface area contributed by atoms with Crippen LogP contribution in [-0.2, 0) is 0 Å². The molecule has 0 spiro atoms. The highest BCUT2D eigenvalue weighted by atomic mass is 19.4. The lowest BCUT2D eigenvalue weighted by molar-refractivity contribution is -0.186. The summed E-state index contributed by atoms with van der Waals surface area (Å²) in [4.78, 5) is 0. The number of alkyl halides is 3. The van der Waals surface area contributed by atoms with Crippen molar-refractivity contribution in [2.24, 2.45) is 29.6 Å². The Labute approximate surface area is 119 Å². The van der Waals surface area contributed by atoms with Gasteiger partial charge in [0.05, 0.1) is 12.0 Å². The molecule has 1 N–H and O–H groups in total. The van der Waals surface area contributed by atoms with Crippen molar-refractivity contribution in [2.75, 3.05) is 0 Å². The van der Waals surface area contributed by atoms with Crippen molar-refractivity contribution in [3.8, 4) is 0 Å². The van der Waals surface area contributed by atoms with Crippen LogP contribution < -0.4 is 0 Å². The first kappa shape index (κ1) is 16.1. The highest BCUT2D eigenvalue weighted by Gasteiger charge is 2.43. The number of hydrogen-bond acceptors (Lipinski definition) is 1. The van der Waals surface area contributed by atoms with Gasteiger partial charge in [0, 0.05) is 0 Å². The van der Waals surface area contributed by atoms with Gasteiger partial charge >= 0.3 is 6.18 Å². The quantitative estimate of drug-likeness (QED) is 0.776. The summed E-state index contributed by atoms with van der Waals surface area (Å²) >= 11 is 0. The Balaban J connectivity index is 1.87. The molecule has 1 nitrogen and oxygen atoms in total. The number of rotatable bonds is 2. The van der Waals surface area contributed by atoms with Crippen molar-refractivity contribution in [2.45, 2.75) is 71.1 Å². The lowest BCUT2D eigenvalue weighted by Crippen LogP contribution is -2.38. The molecular formula is C16H27F3O. The van der Waals surface area contributed by atoms with Crippen LogP contribution in [0.25, 0.3) is 0 Å². The molecule has 20 heavy (non-hydrogen) atoms. The van der Waals surface area contributed by atoms with Gasteiger partial charge in [-0.3, -0.25) is 0 Å². The van der Waals surface area contributed by atoms with Crippen molar-refractivity contribution >= 4 is 0 Å². The van der Waals surface area contributed by atoms with Gasteiger partial charge in [0.15, 0.2) is 0 Å². The smallest absolute Gasteiger partial charge is 0.391 e. The fourth-order valence-electron chi connectivity index (χ4n) is 4.46. The Morgan fingerprint density at radius 3 is 1.80 bits per heavy atom. The zero-order chi connectivity index (χ0) is 14.9. The zero-order valence-electron chi connectivity index (χ0n) is 12.5. The molecule has 0 bridgehead atoms. The standard InChI is InChI=1S/C16H27F3O/c1-10-7-11(2)9-13(8-10)15(20)12-3-5-14(6-4-12)16(17,18)19/h10-15,20H,3-9H2,1-2H3. The normalized spacial score (nSPS) is 41.4. The molecule has 0 radical (unpaired) electrons. The largest absolute Gasteiger partial charge is 0.393 e. The van der Waals surface area contributed by atoms with Crippen LogP contribution in [0.1, 0.15) is 58.8 Å². The lowest BCUT2D eigenvalue weighted by Gasteiger charge is -2.40. The van der Waals surface area contributed by atoms with Crippen LogP contribution in [0.4, 0.5) is 13.2 Å². The van der Waals surface area contributed by atoms with Gasteiger partial charge in [-0.1, -0.05) is 13.8 Å². The van der Waals surface area contributed by atoms with E-state index in [2.05, 4.69) is 13.8 Å². The molecule has 3 atom stereocenters. The summed E-state index contributed by atoms with van der Waals surface area (Å²) in [5.41, 5.74) is 0. The molecule has 0 amide bonds. The number of aliphatic hydroxyl groups excluding tert-OH is 1. The molecule has 0 aromatic rings. The van der Waals surface area contributed by atoms with Crippen LogP contribution in [0.15, 0.2) is 0 Å². The monoisotopic (exact) mass is 292 g/mol. The van der Waals surface area contributed by atoms with Gasteiger partial charge in [-0.15, -0.1) is 0 Å². The number of hydrogen-bond donors (Lipinski definition) is 1. The van der Waals surface area contributed by atoms with E-state index in [0.717, 1.165) is 12.8 Å². The van der Waals surface area contributed by atoms with E-state index in [1.54, 1.807) is 0 Å². The minimum atomic E-state index is -4.05. The SMILES string of the molecule is CC1CC(C)CC(C(O)C2CCC(C(F)(F)F)CC2)C1. The van der Waals surface area contributed by atoms with Crippen molar-refractivity contribution in [1.29, 1.82) is 0 Å². The maximum Gasteiger partial charge on any atom is 0.391 e. The predicted molar refractivity (Wildman–Crippen MR) is 73.2 cm³/mol. The average molecular weight is 292 g/mol. The van der Waals surface area contributed by atoms with Crippen molar-refractivity contribution < 1.29 is 18.3 Å². The van der Waals surface area contributed by atoms with E-state index in [1.165, 1.54) is 6.42 Å². The van der Waals surface area contributed by atoms with Crippen LogP contribution in [0.5, 0.6) is 0 Å². The number of halogens is 3. The lowest BCUT2D eigenvalue weighted by atomic mass is 9.69. The Hall–Kier alpha value is -0.250. The molecule has 2 fully saturated rings. The van der Waals surface area contributed by atoms with Gasteiger partial charge in [0.25, 0.3) is 0 Å². The predicted octanol–water partition coefficient (Wildman–Crippen LogP) is 4.79. The Bertz CT molecular complexity index is 297. The van der Waals surface area contributed by atoms with E-state index < -0.39 is 18.2 Å². The third-order valence-electron chi connectivity index (χ3n) is 5.42. The van der Waals surface area contributed by atoms with Crippen molar-refractivity contribution in [3.05, 3.63) is 0 Å². The third kappa shape index (κ3) is 3.90. The second-order valence-electron chi connectivity index (χ2n) is 7.32. The zero-order valence-corrected chi connectivity index (χ0v) is 12.5. The molecule has 0 aromatic heterocycles. The molecule has 0 aromatic carbocycles. The summed E-state index contributed by atoms with van der Waals surface area (Å²) in [5, 5.41) is 10.5. The van der Waals surface area contributed by atoms with Crippen LogP contribution in [0, 0.1) is 29.6 Å². The van der Waals surface area contributed by atoms with Crippen molar-refractivity contribution in [3.63, 3.8) is 0 Å². The maximum absolute atomic E-state index is 12.7. The van der Waals surface area contributed by atoms with E-state index >= 15 is 0 Å². The average Bonchev–Trinajstić information content (AvgIpc) is 2.36. The maximum atomic E-state index is 12.7. The van der Waals surface area contributed by atoms with Gasteiger partial charge in [0.1, 0.15) is 0 Å². The third-order valence-corrected chi connectivity index (χ3v) is 5.42. The van der Waals surface area contributed by atoms with Crippen molar-refractivity contribution in [1.82, 2.24) is 0 Å². The highest BCUT2D eigenvalue weighted by Crippen LogP contribution is 2.44. The van der Waals surface area contributed by atoms with E-state index in [-0.39, 0.29) is 18.8 Å². The van der Waals surface area contributed by atoms with E-state index in [4.69, 9.17) is 0 Å². The first-order valence-electron chi connectivity index (χ1n) is 8.02. The summed E-state index contributed by atoms with van der Waals surface area (Å²) < 4.78 is 38.0. The highest BCUT2D eigenvalue weighted by molar-refractivity contribution is 4.87. The molecule has 0 heterocycles. The van der Waals surface area contributed by atoms with Gasteiger partial charge in [-0.25, -0.2) is 0 Å². The molecule has 2 rings (SSSR count). The minimum absolute atomic E-state index is 0.0797. The molecule has 0 saturated heterocycles. The van der Waals surface area contributed by atoms with Crippen LogP contribution >= 0.6 is 0 Å². The topological polar surface area (TPSA) is 20.2 Å². The van der Waals surface area contributed by atoms with Crippen LogP contribution in [0.2, 0.25) is 0 Å². The minimum Gasteiger partial charge on any atom is -0.393 e. The first-order valence-corrected chi connectivity index (χ1v) is 8.02. The fraction of sp³-hybridized carbons (Fsp3) is 1.00. The molecule has 2 aliphatic rings. The summed E-state index contributed by atoms with van der Waals surface area (Å²) in [6.07, 6.45) is 0.291. The molecule has 2 aliphatic carbocycles. The van der Waals surface area contributed by atoms with Gasteiger partial charge < -0.3 is 5.11 Å². The molecule has 3 unspecified atom stereocenters. The first-order chi connectivity index (χ1) is 9.27. The van der Waals surface area contributed by atoms with E-state index in [9.17, 15) is 18.3 Å². The van der Waals surface area contributed by atoms with E-state index in [0.29, 0.717) is 30.6 Å². The van der Waals surface area contributed by atoms with Gasteiger partial charge in [0.2, 0.25) is 0 Å². The molecule has 4 heteroatoms. The summed E-state index contributed by atoms with van der Waals surface area (Å²) in [7, 11) is 0. The van der Waals surface area contributed by atoms with Gasteiger partial charge in [-0.05, 0) is 68.6 Å². The Kier molecular flexibility index (Phi) is 5.04. The Morgan fingerprint density at radius 1 is 0.850 bits per heavy atom. The summed E-state index contributed by atoms with van der Waals surface area (Å²) in [5.74, 6) is 0.488. The fourth-order valence-corrected chi connectivity index (χ4v) is 4.46. The van der Waals surface area contributed by atoms with Gasteiger partial charge in [-0.2, -0.15) is 13.2 Å². The summed E-state index contributed by atoms with van der Waals surface area (Å²) in [6.45, 7) is 4.44. The van der Waals surface area contributed by atoms with Crippen LogP contribution in [-0.4, -0.2) is 17.4 Å². The second-order valence-corrected chi connectivity index (χ2v) is 7.32. The van der Waals surface area contributed by atoms with E-state index in [1.807, 2.05) is 0 Å². The molecule has 2 saturated carbocycles.